The minimum atomic E-state index is -3.71. The molecule has 7 heteroatoms. The van der Waals surface area contributed by atoms with E-state index in [0.717, 1.165) is 0 Å². The van der Waals surface area contributed by atoms with E-state index in [0.29, 0.717) is 28.2 Å². The Bertz CT molecular complexity index is 730. The molecule has 5 nitrogen and oxygen atoms in total. The predicted molar refractivity (Wildman–Crippen MR) is 87.0 cm³/mol. The summed E-state index contributed by atoms with van der Waals surface area (Å²) in [4.78, 5) is 0.0939. The van der Waals surface area contributed by atoms with Crippen LogP contribution in [0.4, 0.5) is 11.4 Å². The number of hydrogen-bond acceptors (Lipinski definition) is 4. The molecule has 0 atom stereocenters. The third-order valence-corrected chi connectivity index (χ3v) is 5.04. The fourth-order valence-corrected chi connectivity index (χ4v) is 3.78. The number of nitrogens with two attached hydrogens (primary N) is 1. The van der Waals surface area contributed by atoms with Gasteiger partial charge in [0.25, 0.3) is 10.0 Å². The van der Waals surface area contributed by atoms with Gasteiger partial charge in [-0.3, -0.25) is 4.72 Å². The molecule has 0 aliphatic rings. The van der Waals surface area contributed by atoms with Crippen molar-refractivity contribution in [1.82, 2.24) is 0 Å². The first-order valence-corrected chi connectivity index (χ1v) is 8.50. The summed E-state index contributed by atoms with van der Waals surface area (Å²) in [5.41, 5.74) is 6.47. The number of benzene rings is 2. The van der Waals surface area contributed by atoms with Crippen molar-refractivity contribution in [3.8, 4) is 5.75 Å². The fraction of sp³-hybridized carbons (Fsp3) is 0.143. The van der Waals surface area contributed by atoms with E-state index in [4.69, 9.17) is 10.5 Å². The zero-order valence-corrected chi connectivity index (χ0v) is 13.7. The lowest BCUT2D eigenvalue weighted by Gasteiger charge is -2.11. The number of rotatable bonds is 5. The number of ether oxygens (including phenoxy) is 1. The second-order valence-corrected chi connectivity index (χ2v) is 6.76. The lowest BCUT2D eigenvalue weighted by atomic mass is 10.3. The van der Waals surface area contributed by atoms with E-state index in [1.165, 1.54) is 6.07 Å². The van der Waals surface area contributed by atoms with E-state index in [1.54, 1.807) is 36.4 Å². The van der Waals surface area contributed by atoms with Crippen LogP contribution in [0.3, 0.4) is 0 Å². The van der Waals surface area contributed by atoms with E-state index in [-0.39, 0.29) is 4.90 Å². The summed E-state index contributed by atoms with van der Waals surface area (Å²) in [5, 5.41) is 0. The van der Waals surface area contributed by atoms with Gasteiger partial charge < -0.3 is 10.5 Å². The maximum atomic E-state index is 12.4. The summed E-state index contributed by atoms with van der Waals surface area (Å²) in [6.45, 7) is 2.44. The van der Waals surface area contributed by atoms with Crippen LogP contribution in [0.1, 0.15) is 6.92 Å². The molecule has 0 heterocycles. The molecule has 0 aromatic heterocycles. The largest absolute Gasteiger partial charge is 0.494 e. The molecule has 0 unspecified atom stereocenters. The number of halogens is 1. The van der Waals surface area contributed by atoms with Crippen LogP contribution in [-0.2, 0) is 10.0 Å². The van der Waals surface area contributed by atoms with Gasteiger partial charge in [-0.2, -0.15) is 0 Å². The number of nitrogens with one attached hydrogen (secondary N) is 1. The summed E-state index contributed by atoms with van der Waals surface area (Å²) in [6.07, 6.45) is 0. The molecule has 112 valence electrons. The average Bonchev–Trinajstić information content (AvgIpc) is 2.43. The van der Waals surface area contributed by atoms with Crippen molar-refractivity contribution in [3.05, 3.63) is 46.9 Å². The Hall–Kier alpha value is -1.73. The topological polar surface area (TPSA) is 81.4 Å². The molecular weight excluding hydrogens is 356 g/mol. The first-order valence-electron chi connectivity index (χ1n) is 6.23. The molecule has 21 heavy (non-hydrogen) atoms. The average molecular weight is 371 g/mol. The highest BCUT2D eigenvalue weighted by Crippen LogP contribution is 2.26. The van der Waals surface area contributed by atoms with Gasteiger partial charge in [-0.05, 0) is 65.3 Å². The summed E-state index contributed by atoms with van der Waals surface area (Å²) in [7, 11) is -3.71. The number of hydrogen-bond donors (Lipinski definition) is 2. The van der Waals surface area contributed by atoms with Crippen molar-refractivity contribution < 1.29 is 13.2 Å². The summed E-state index contributed by atoms with van der Waals surface area (Å²) >= 11 is 3.22. The van der Waals surface area contributed by atoms with Gasteiger partial charge in [0.15, 0.2) is 0 Å². The Kier molecular flexibility index (Phi) is 4.74. The maximum Gasteiger partial charge on any atom is 0.263 e. The summed E-state index contributed by atoms with van der Waals surface area (Å²) in [5.74, 6) is 0.686. The highest BCUT2D eigenvalue weighted by atomic mass is 79.9. The molecule has 0 bridgehead atoms. The van der Waals surface area contributed by atoms with Crippen LogP contribution in [-0.4, -0.2) is 15.0 Å². The van der Waals surface area contributed by atoms with Gasteiger partial charge in [0, 0.05) is 15.8 Å². The second-order valence-electron chi connectivity index (χ2n) is 4.25. The standard InChI is InChI=1S/C14H15BrN2O3S/c1-2-20-12-6-4-11(5-7-12)17-21(18,19)14-9-10(16)3-8-13(14)15/h3-9,17H,2,16H2,1H3. The maximum absolute atomic E-state index is 12.4. The zero-order valence-electron chi connectivity index (χ0n) is 11.3. The quantitative estimate of drug-likeness (QED) is 0.791. The van der Waals surface area contributed by atoms with Crippen LogP contribution < -0.4 is 15.2 Å². The van der Waals surface area contributed by atoms with E-state index in [9.17, 15) is 8.42 Å². The zero-order chi connectivity index (χ0) is 15.5. The number of sulfonamides is 1. The van der Waals surface area contributed by atoms with Crippen LogP contribution >= 0.6 is 15.9 Å². The molecule has 0 spiro atoms. The van der Waals surface area contributed by atoms with E-state index in [1.807, 2.05) is 6.92 Å². The van der Waals surface area contributed by atoms with Crippen molar-refractivity contribution in [3.63, 3.8) is 0 Å². The van der Waals surface area contributed by atoms with Crippen molar-refractivity contribution >= 4 is 37.3 Å². The van der Waals surface area contributed by atoms with Crippen LogP contribution in [0, 0.1) is 0 Å². The van der Waals surface area contributed by atoms with Crippen molar-refractivity contribution in [1.29, 1.82) is 0 Å². The van der Waals surface area contributed by atoms with E-state index >= 15 is 0 Å². The first-order chi connectivity index (χ1) is 9.92. The molecule has 0 fully saturated rings. The summed E-state index contributed by atoms with van der Waals surface area (Å²) < 4.78 is 33.0. The SMILES string of the molecule is CCOc1ccc(NS(=O)(=O)c2cc(N)ccc2Br)cc1. The Labute approximate surface area is 132 Å². The van der Waals surface area contributed by atoms with Crippen LogP contribution in [0.2, 0.25) is 0 Å². The monoisotopic (exact) mass is 370 g/mol. The van der Waals surface area contributed by atoms with Gasteiger partial charge in [0.05, 0.1) is 6.61 Å². The minimum absolute atomic E-state index is 0.0939. The Morgan fingerprint density at radius 2 is 1.86 bits per heavy atom. The smallest absolute Gasteiger partial charge is 0.263 e. The third-order valence-electron chi connectivity index (χ3n) is 2.66. The highest BCUT2D eigenvalue weighted by molar-refractivity contribution is 9.10. The van der Waals surface area contributed by atoms with Gasteiger partial charge >= 0.3 is 0 Å². The van der Waals surface area contributed by atoms with Crippen molar-refractivity contribution in [2.24, 2.45) is 0 Å². The van der Waals surface area contributed by atoms with Gasteiger partial charge in [0.2, 0.25) is 0 Å². The molecule has 0 amide bonds. The minimum Gasteiger partial charge on any atom is -0.494 e. The molecule has 0 saturated heterocycles. The molecule has 0 aliphatic heterocycles. The molecule has 2 rings (SSSR count). The van der Waals surface area contributed by atoms with Crippen LogP contribution in [0.5, 0.6) is 5.75 Å². The molecule has 2 aromatic carbocycles. The van der Waals surface area contributed by atoms with Gasteiger partial charge in [-0.25, -0.2) is 8.42 Å². The Morgan fingerprint density at radius 1 is 1.19 bits per heavy atom. The van der Waals surface area contributed by atoms with Gasteiger partial charge in [-0.15, -0.1) is 0 Å². The molecule has 0 aliphatic carbocycles. The summed E-state index contributed by atoms with van der Waals surface area (Å²) in [6, 6.07) is 11.3. The fourth-order valence-electron chi connectivity index (χ4n) is 1.72. The van der Waals surface area contributed by atoms with E-state index in [2.05, 4.69) is 20.7 Å². The molecular formula is C14H15BrN2O3S. The third kappa shape index (κ3) is 3.89. The van der Waals surface area contributed by atoms with Crippen LogP contribution in [0.15, 0.2) is 51.8 Å². The first kappa shape index (κ1) is 15.7. The lowest BCUT2D eigenvalue weighted by molar-refractivity contribution is 0.340. The molecule has 2 aromatic rings. The van der Waals surface area contributed by atoms with E-state index < -0.39 is 10.0 Å². The van der Waals surface area contributed by atoms with Crippen molar-refractivity contribution in [2.75, 3.05) is 17.1 Å². The Balaban J connectivity index is 2.26. The second kappa shape index (κ2) is 6.36. The predicted octanol–water partition coefficient (Wildman–Crippen LogP) is 3.23. The Morgan fingerprint density at radius 3 is 2.48 bits per heavy atom. The highest BCUT2D eigenvalue weighted by Gasteiger charge is 2.18. The molecule has 0 saturated carbocycles. The number of nitrogen functional groups attached to an aromatic ring is 1. The van der Waals surface area contributed by atoms with Gasteiger partial charge in [-0.1, -0.05) is 0 Å². The van der Waals surface area contributed by atoms with Gasteiger partial charge in [0.1, 0.15) is 10.6 Å². The molecule has 3 N–H and O–H groups in total. The van der Waals surface area contributed by atoms with Crippen molar-refractivity contribution in [2.45, 2.75) is 11.8 Å². The van der Waals surface area contributed by atoms with Crippen LogP contribution in [0.25, 0.3) is 0 Å². The lowest BCUT2D eigenvalue weighted by Crippen LogP contribution is -2.13. The normalized spacial score (nSPS) is 11.1. The molecule has 0 radical (unpaired) electrons. The number of anilines is 2.